The van der Waals surface area contributed by atoms with E-state index in [-0.39, 0.29) is 23.0 Å². The minimum Gasteiger partial charge on any atom is -0.352 e. The predicted octanol–water partition coefficient (Wildman–Crippen LogP) is 3.80. The van der Waals surface area contributed by atoms with E-state index in [0.29, 0.717) is 16.9 Å². The van der Waals surface area contributed by atoms with Crippen LogP contribution in [-0.4, -0.2) is 32.0 Å². The fourth-order valence-electron chi connectivity index (χ4n) is 3.31. The average molecular weight is 377 g/mol. The summed E-state index contributed by atoms with van der Waals surface area (Å²) < 4.78 is 14.9. The van der Waals surface area contributed by atoms with Crippen molar-refractivity contribution in [1.29, 1.82) is 0 Å². The van der Waals surface area contributed by atoms with Crippen molar-refractivity contribution in [3.8, 4) is 11.4 Å². The number of nitrogens with one attached hydrogen (secondary N) is 1. The number of carbonyl (C=O) groups excluding carboxylic acids is 1. The molecule has 1 aliphatic rings. The first-order valence-electron chi connectivity index (χ1n) is 9.08. The summed E-state index contributed by atoms with van der Waals surface area (Å²) >= 11 is 1.39. The van der Waals surface area contributed by atoms with Crippen LogP contribution in [-0.2, 0) is 11.8 Å². The van der Waals surface area contributed by atoms with E-state index in [9.17, 15) is 9.18 Å². The van der Waals surface area contributed by atoms with Crippen LogP contribution in [0.5, 0.6) is 0 Å². The SMILES string of the molecule is CC(Sc1nnc(-c2ccc(F)cc2)n1C)C(=O)NC1CCCCC1C. The van der Waals surface area contributed by atoms with Crippen molar-refractivity contribution in [3.05, 3.63) is 30.1 Å². The molecule has 7 heteroatoms. The molecule has 140 valence electrons. The molecule has 0 spiro atoms. The minimum atomic E-state index is -0.284. The molecule has 2 aromatic rings. The van der Waals surface area contributed by atoms with Crippen LogP contribution in [0.1, 0.15) is 39.5 Å². The normalized spacial score (nSPS) is 21.4. The zero-order valence-electron chi connectivity index (χ0n) is 15.4. The molecule has 0 bridgehead atoms. The Balaban J connectivity index is 1.65. The van der Waals surface area contributed by atoms with Gasteiger partial charge in [0.25, 0.3) is 0 Å². The van der Waals surface area contributed by atoms with Crippen molar-refractivity contribution in [2.24, 2.45) is 13.0 Å². The topological polar surface area (TPSA) is 59.8 Å². The second-order valence-electron chi connectivity index (χ2n) is 7.01. The Hall–Kier alpha value is -1.89. The van der Waals surface area contributed by atoms with E-state index in [1.807, 2.05) is 18.5 Å². The summed E-state index contributed by atoms with van der Waals surface area (Å²) in [7, 11) is 1.86. The Labute approximate surface area is 157 Å². The first-order valence-corrected chi connectivity index (χ1v) is 9.96. The lowest BCUT2D eigenvalue weighted by Gasteiger charge is -2.30. The van der Waals surface area contributed by atoms with E-state index >= 15 is 0 Å². The third kappa shape index (κ3) is 4.26. The molecule has 0 radical (unpaired) electrons. The van der Waals surface area contributed by atoms with E-state index in [2.05, 4.69) is 22.4 Å². The van der Waals surface area contributed by atoms with Gasteiger partial charge in [0, 0.05) is 18.7 Å². The molecule has 3 unspecified atom stereocenters. The highest BCUT2D eigenvalue weighted by molar-refractivity contribution is 8.00. The van der Waals surface area contributed by atoms with Crippen molar-refractivity contribution >= 4 is 17.7 Å². The fourth-order valence-corrected chi connectivity index (χ4v) is 4.13. The highest BCUT2D eigenvalue weighted by Crippen LogP contribution is 2.27. The van der Waals surface area contributed by atoms with Gasteiger partial charge in [0.1, 0.15) is 5.82 Å². The fraction of sp³-hybridized carbons (Fsp3) is 0.526. The van der Waals surface area contributed by atoms with Crippen molar-refractivity contribution in [2.75, 3.05) is 0 Å². The number of aromatic nitrogens is 3. The van der Waals surface area contributed by atoms with Gasteiger partial charge in [0.2, 0.25) is 5.91 Å². The molecule has 1 aromatic carbocycles. The maximum absolute atomic E-state index is 13.1. The van der Waals surface area contributed by atoms with E-state index in [4.69, 9.17) is 0 Å². The Morgan fingerprint density at radius 2 is 1.96 bits per heavy atom. The monoisotopic (exact) mass is 376 g/mol. The highest BCUT2D eigenvalue weighted by Gasteiger charge is 2.26. The molecule has 1 aliphatic carbocycles. The zero-order chi connectivity index (χ0) is 18.7. The van der Waals surface area contributed by atoms with Gasteiger partial charge >= 0.3 is 0 Å². The molecular weight excluding hydrogens is 351 g/mol. The summed E-state index contributed by atoms with van der Waals surface area (Å²) in [6, 6.07) is 6.42. The Bertz CT molecular complexity index is 761. The number of nitrogens with zero attached hydrogens (tertiary/aromatic N) is 3. The predicted molar refractivity (Wildman–Crippen MR) is 101 cm³/mol. The molecule has 0 saturated heterocycles. The van der Waals surface area contributed by atoms with E-state index in [1.54, 1.807) is 12.1 Å². The number of benzene rings is 1. The molecule has 26 heavy (non-hydrogen) atoms. The summed E-state index contributed by atoms with van der Waals surface area (Å²) in [5.74, 6) is 0.943. The maximum atomic E-state index is 13.1. The van der Waals surface area contributed by atoms with Crippen LogP contribution in [0.4, 0.5) is 4.39 Å². The van der Waals surface area contributed by atoms with E-state index in [1.165, 1.54) is 43.2 Å². The van der Waals surface area contributed by atoms with Gasteiger partial charge in [-0.3, -0.25) is 4.79 Å². The van der Waals surface area contributed by atoms with Crippen LogP contribution in [0.3, 0.4) is 0 Å². The van der Waals surface area contributed by atoms with Gasteiger partial charge in [-0.05, 0) is 49.9 Å². The quantitative estimate of drug-likeness (QED) is 0.807. The first-order chi connectivity index (χ1) is 12.5. The zero-order valence-corrected chi connectivity index (χ0v) is 16.2. The molecular formula is C19H25FN4OS. The standard InChI is InChI=1S/C19H25FN4OS/c1-12-6-4-5-7-16(12)21-18(25)13(2)26-19-23-22-17(24(19)3)14-8-10-15(20)11-9-14/h8-13,16H,4-7H2,1-3H3,(H,21,25). The molecule has 1 fully saturated rings. The van der Waals surface area contributed by atoms with Crippen LogP contribution in [0.2, 0.25) is 0 Å². The van der Waals surface area contributed by atoms with Crippen LogP contribution in [0.25, 0.3) is 11.4 Å². The number of halogens is 1. The van der Waals surface area contributed by atoms with Gasteiger partial charge in [0.15, 0.2) is 11.0 Å². The molecule has 0 aliphatic heterocycles. The van der Waals surface area contributed by atoms with Crippen LogP contribution < -0.4 is 5.32 Å². The molecule has 1 heterocycles. The Kier molecular flexibility index (Phi) is 5.96. The van der Waals surface area contributed by atoms with Crippen LogP contribution >= 0.6 is 11.8 Å². The summed E-state index contributed by atoms with van der Waals surface area (Å²) in [6.45, 7) is 4.10. The molecule has 5 nitrogen and oxygen atoms in total. The Morgan fingerprint density at radius 3 is 2.65 bits per heavy atom. The third-order valence-electron chi connectivity index (χ3n) is 5.03. The van der Waals surface area contributed by atoms with Crippen LogP contribution in [0.15, 0.2) is 29.4 Å². The van der Waals surface area contributed by atoms with Crippen molar-refractivity contribution < 1.29 is 9.18 Å². The molecule has 1 aromatic heterocycles. The molecule has 3 rings (SSSR count). The lowest BCUT2D eigenvalue weighted by atomic mass is 9.86. The molecule has 1 amide bonds. The van der Waals surface area contributed by atoms with Gasteiger partial charge in [-0.15, -0.1) is 10.2 Å². The highest BCUT2D eigenvalue weighted by atomic mass is 32.2. The number of hydrogen-bond donors (Lipinski definition) is 1. The smallest absolute Gasteiger partial charge is 0.233 e. The molecule has 1 N–H and O–H groups in total. The largest absolute Gasteiger partial charge is 0.352 e. The average Bonchev–Trinajstić information content (AvgIpc) is 2.98. The maximum Gasteiger partial charge on any atom is 0.233 e. The lowest BCUT2D eigenvalue weighted by molar-refractivity contribution is -0.121. The molecule has 3 atom stereocenters. The van der Waals surface area contributed by atoms with Crippen LogP contribution in [0, 0.1) is 11.7 Å². The number of amides is 1. The summed E-state index contributed by atoms with van der Waals surface area (Å²) in [5, 5.41) is 12.0. The lowest BCUT2D eigenvalue weighted by Crippen LogP contribution is -2.44. The summed E-state index contributed by atoms with van der Waals surface area (Å²) in [6.07, 6.45) is 4.67. The van der Waals surface area contributed by atoms with Crippen molar-refractivity contribution in [1.82, 2.24) is 20.1 Å². The number of carbonyl (C=O) groups is 1. The first kappa shape index (κ1) is 18.9. The minimum absolute atomic E-state index is 0.0417. The summed E-state index contributed by atoms with van der Waals surface area (Å²) in [4.78, 5) is 12.6. The van der Waals surface area contributed by atoms with Gasteiger partial charge in [-0.25, -0.2) is 4.39 Å². The second kappa shape index (κ2) is 8.20. The van der Waals surface area contributed by atoms with Gasteiger partial charge in [-0.2, -0.15) is 0 Å². The number of thioether (sulfide) groups is 1. The second-order valence-corrected chi connectivity index (χ2v) is 8.32. The molecule has 1 saturated carbocycles. The summed E-state index contributed by atoms with van der Waals surface area (Å²) in [5.41, 5.74) is 0.793. The van der Waals surface area contributed by atoms with E-state index < -0.39 is 0 Å². The number of rotatable bonds is 5. The van der Waals surface area contributed by atoms with Gasteiger partial charge in [-0.1, -0.05) is 31.5 Å². The van der Waals surface area contributed by atoms with E-state index in [0.717, 1.165) is 12.0 Å². The van der Waals surface area contributed by atoms with Crippen molar-refractivity contribution in [2.45, 2.75) is 56.0 Å². The van der Waals surface area contributed by atoms with Gasteiger partial charge < -0.3 is 9.88 Å². The van der Waals surface area contributed by atoms with Crippen molar-refractivity contribution in [3.63, 3.8) is 0 Å². The Morgan fingerprint density at radius 1 is 1.27 bits per heavy atom. The third-order valence-corrected chi connectivity index (χ3v) is 6.16. The van der Waals surface area contributed by atoms with Gasteiger partial charge in [0.05, 0.1) is 5.25 Å². The number of hydrogen-bond acceptors (Lipinski definition) is 4.